The van der Waals surface area contributed by atoms with Gasteiger partial charge in [0.1, 0.15) is 22.6 Å². The predicted octanol–water partition coefficient (Wildman–Crippen LogP) is 4.98. The van der Waals surface area contributed by atoms with E-state index in [1.807, 2.05) is 19.1 Å². The Labute approximate surface area is 180 Å². The molecule has 0 saturated carbocycles. The molecule has 0 bridgehead atoms. The first-order valence-electron chi connectivity index (χ1n) is 8.66. The first-order chi connectivity index (χ1) is 13.7. The van der Waals surface area contributed by atoms with Crippen molar-refractivity contribution in [3.8, 4) is 11.4 Å². The molecular weight excluding hydrogens is 435 g/mol. The van der Waals surface area contributed by atoms with E-state index in [0.717, 1.165) is 11.1 Å². The fourth-order valence-corrected chi connectivity index (χ4v) is 4.15. The van der Waals surface area contributed by atoms with Gasteiger partial charge in [0.05, 0.1) is 15.7 Å². The topological polar surface area (TPSA) is 83.8 Å². The second-order valence-electron chi connectivity index (χ2n) is 6.72. The van der Waals surface area contributed by atoms with Gasteiger partial charge in [-0.25, -0.2) is 9.67 Å². The fraction of sp³-hybridized carbons (Fsp3) is 0.150. The Balaban J connectivity index is 1.90. The summed E-state index contributed by atoms with van der Waals surface area (Å²) in [6.07, 6.45) is 0.325. The summed E-state index contributed by atoms with van der Waals surface area (Å²) in [7, 11) is 0. The zero-order valence-electron chi connectivity index (χ0n) is 15.4. The smallest absolute Gasteiger partial charge is 0.262 e. The molecule has 4 rings (SSSR count). The number of fused-ring (bicyclic) bond motifs is 1. The maximum Gasteiger partial charge on any atom is 0.262 e. The maximum absolute atomic E-state index is 12.7. The van der Waals surface area contributed by atoms with Crippen LogP contribution in [-0.4, -0.2) is 24.9 Å². The number of rotatable bonds is 3. The zero-order chi connectivity index (χ0) is 20.9. The lowest BCUT2D eigenvalue weighted by Gasteiger charge is -2.09. The van der Waals surface area contributed by atoms with Crippen LogP contribution in [0.15, 0.2) is 35.1 Å². The fourth-order valence-electron chi connectivity index (χ4n) is 3.17. The maximum atomic E-state index is 12.7. The minimum Gasteiger partial charge on any atom is -0.508 e. The van der Waals surface area contributed by atoms with Gasteiger partial charge in [-0.15, -0.1) is 0 Å². The van der Waals surface area contributed by atoms with Crippen molar-refractivity contribution in [2.75, 3.05) is 0 Å². The molecule has 0 aliphatic heterocycles. The summed E-state index contributed by atoms with van der Waals surface area (Å²) in [5.41, 5.74) is 2.49. The van der Waals surface area contributed by atoms with Crippen molar-refractivity contribution in [3.63, 3.8) is 0 Å². The van der Waals surface area contributed by atoms with Crippen molar-refractivity contribution in [2.45, 2.75) is 20.3 Å². The van der Waals surface area contributed by atoms with Gasteiger partial charge in [0.2, 0.25) is 0 Å². The second-order valence-corrected chi connectivity index (χ2v) is 7.97. The number of phenols is 1. The SMILES string of the molecule is Cc1ccc(Cc2nc3c(c(C)nn3-c3c(Cl)cc(Cl)cc3Cl)c(=O)[nH]2)cc1O. The number of halogens is 3. The Hall–Kier alpha value is -2.54. The summed E-state index contributed by atoms with van der Waals surface area (Å²) in [5.74, 6) is 0.611. The van der Waals surface area contributed by atoms with Crippen LogP contribution >= 0.6 is 34.8 Å². The highest BCUT2D eigenvalue weighted by atomic mass is 35.5. The molecule has 148 valence electrons. The van der Waals surface area contributed by atoms with E-state index in [0.29, 0.717) is 49.7 Å². The molecule has 0 saturated heterocycles. The summed E-state index contributed by atoms with van der Waals surface area (Å²) in [4.78, 5) is 20.1. The van der Waals surface area contributed by atoms with Gasteiger partial charge in [-0.05, 0) is 43.2 Å². The highest BCUT2D eigenvalue weighted by molar-refractivity contribution is 6.40. The number of aryl methyl sites for hydroxylation is 2. The van der Waals surface area contributed by atoms with Gasteiger partial charge in [-0.1, -0.05) is 46.9 Å². The summed E-state index contributed by atoms with van der Waals surface area (Å²) in [6, 6.07) is 8.43. The summed E-state index contributed by atoms with van der Waals surface area (Å²) >= 11 is 18.7. The molecule has 0 fully saturated rings. The number of aromatic amines is 1. The molecule has 0 aliphatic rings. The molecule has 0 unspecified atom stereocenters. The third kappa shape index (κ3) is 3.59. The van der Waals surface area contributed by atoms with Gasteiger partial charge in [-0.3, -0.25) is 4.79 Å². The van der Waals surface area contributed by atoms with E-state index in [-0.39, 0.29) is 11.3 Å². The largest absolute Gasteiger partial charge is 0.508 e. The highest BCUT2D eigenvalue weighted by Gasteiger charge is 2.19. The Morgan fingerprint density at radius 2 is 1.79 bits per heavy atom. The van der Waals surface area contributed by atoms with Crippen LogP contribution in [0.1, 0.15) is 22.6 Å². The van der Waals surface area contributed by atoms with Crippen molar-refractivity contribution < 1.29 is 5.11 Å². The van der Waals surface area contributed by atoms with Gasteiger partial charge in [0.25, 0.3) is 5.56 Å². The molecule has 2 aromatic heterocycles. The van der Waals surface area contributed by atoms with Crippen LogP contribution in [0, 0.1) is 13.8 Å². The molecule has 0 amide bonds. The number of phenolic OH excluding ortho intramolecular Hbond substituents is 1. The van der Waals surface area contributed by atoms with E-state index in [9.17, 15) is 9.90 Å². The number of H-pyrrole nitrogens is 1. The Morgan fingerprint density at radius 3 is 2.45 bits per heavy atom. The molecule has 2 N–H and O–H groups in total. The summed E-state index contributed by atoms with van der Waals surface area (Å²) < 4.78 is 1.46. The molecule has 2 aromatic carbocycles. The number of nitrogens with one attached hydrogen (secondary N) is 1. The van der Waals surface area contributed by atoms with Crippen molar-refractivity contribution in [3.05, 3.63) is 78.4 Å². The van der Waals surface area contributed by atoms with Crippen molar-refractivity contribution in [2.24, 2.45) is 0 Å². The van der Waals surface area contributed by atoms with Gasteiger partial charge in [0, 0.05) is 11.4 Å². The second kappa shape index (κ2) is 7.37. The van der Waals surface area contributed by atoms with E-state index in [1.54, 1.807) is 25.1 Å². The van der Waals surface area contributed by atoms with Crippen LogP contribution in [0.2, 0.25) is 15.1 Å². The molecule has 0 radical (unpaired) electrons. The molecule has 0 aliphatic carbocycles. The van der Waals surface area contributed by atoms with Crippen LogP contribution in [-0.2, 0) is 6.42 Å². The van der Waals surface area contributed by atoms with E-state index >= 15 is 0 Å². The van der Waals surface area contributed by atoms with E-state index in [1.165, 1.54) is 4.68 Å². The van der Waals surface area contributed by atoms with Crippen LogP contribution in [0.25, 0.3) is 16.7 Å². The minimum absolute atomic E-state index is 0.187. The van der Waals surface area contributed by atoms with Gasteiger partial charge in [-0.2, -0.15) is 5.10 Å². The molecule has 9 heteroatoms. The van der Waals surface area contributed by atoms with Crippen LogP contribution in [0.5, 0.6) is 5.75 Å². The van der Waals surface area contributed by atoms with Crippen LogP contribution in [0.3, 0.4) is 0 Å². The standard InChI is InChI=1S/C20H15Cl3N4O2/c1-9-3-4-11(5-15(9)28)6-16-24-19-17(20(29)25-16)10(2)26-27(19)18-13(22)7-12(21)8-14(18)23/h3-5,7-8,28H,6H2,1-2H3,(H,24,25,29). The zero-order valence-corrected chi connectivity index (χ0v) is 17.7. The van der Waals surface area contributed by atoms with Gasteiger partial charge >= 0.3 is 0 Å². The van der Waals surface area contributed by atoms with E-state index < -0.39 is 0 Å². The number of nitrogens with zero attached hydrogens (tertiary/aromatic N) is 3. The Morgan fingerprint density at radius 1 is 1.10 bits per heavy atom. The summed E-state index contributed by atoms with van der Waals surface area (Å²) in [5, 5.41) is 15.7. The number of benzene rings is 2. The number of hydrogen-bond donors (Lipinski definition) is 2. The quantitative estimate of drug-likeness (QED) is 0.462. The predicted molar refractivity (Wildman–Crippen MR) is 115 cm³/mol. The van der Waals surface area contributed by atoms with E-state index in [2.05, 4.69) is 15.1 Å². The summed E-state index contributed by atoms with van der Waals surface area (Å²) in [6.45, 7) is 3.53. The number of aromatic hydroxyl groups is 1. The average Bonchev–Trinajstić information content (AvgIpc) is 2.94. The molecule has 0 atom stereocenters. The molecule has 4 aromatic rings. The Bertz CT molecular complexity index is 1300. The third-order valence-electron chi connectivity index (χ3n) is 4.60. The van der Waals surface area contributed by atoms with Crippen LogP contribution in [0.4, 0.5) is 0 Å². The monoisotopic (exact) mass is 448 g/mol. The number of aromatic nitrogens is 4. The lowest BCUT2D eigenvalue weighted by molar-refractivity contribution is 0.470. The normalized spacial score (nSPS) is 11.3. The molecule has 6 nitrogen and oxygen atoms in total. The average molecular weight is 450 g/mol. The van der Waals surface area contributed by atoms with E-state index in [4.69, 9.17) is 34.8 Å². The Kier molecular flexibility index (Phi) is 5.02. The lowest BCUT2D eigenvalue weighted by Crippen LogP contribution is -2.13. The van der Waals surface area contributed by atoms with Gasteiger partial charge in [0.15, 0.2) is 5.65 Å². The van der Waals surface area contributed by atoms with Crippen molar-refractivity contribution >= 4 is 45.8 Å². The molecule has 2 heterocycles. The lowest BCUT2D eigenvalue weighted by atomic mass is 10.1. The first kappa shape index (κ1) is 19.8. The van der Waals surface area contributed by atoms with Crippen molar-refractivity contribution in [1.82, 2.24) is 19.7 Å². The molecule has 0 spiro atoms. The highest BCUT2D eigenvalue weighted by Crippen LogP contribution is 2.33. The van der Waals surface area contributed by atoms with Gasteiger partial charge < -0.3 is 10.1 Å². The molecular formula is C20H15Cl3N4O2. The molecule has 29 heavy (non-hydrogen) atoms. The van der Waals surface area contributed by atoms with Crippen LogP contribution < -0.4 is 5.56 Å². The first-order valence-corrected chi connectivity index (χ1v) is 9.80. The minimum atomic E-state index is -0.314. The third-order valence-corrected chi connectivity index (χ3v) is 5.39. The van der Waals surface area contributed by atoms with Crippen molar-refractivity contribution in [1.29, 1.82) is 0 Å². The number of hydrogen-bond acceptors (Lipinski definition) is 4.